The van der Waals surface area contributed by atoms with Gasteiger partial charge in [0.25, 0.3) is 10.0 Å². The van der Waals surface area contributed by atoms with Gasteiger partial charge in [-0.2, -0.15) is 4.72 Å². The quantitative estimate of drug-likeness (QED) is 0.635. The van der Waals surface area contributed by atoms with Crippen LogP contribution in [0, 0.1) is 0 Å². The van der Waals surface area contributed by atoms with E-state index in [1.165, 1.54) is 29.6 Å². The van der Waals surface area contributed by atoms with Crippen molar-refractivity contribution in [2.75, 3.05) is 0 Å². The van der Waals surface area contributed by atoms with Crippen molar-refractivity contribution in [2.45, 2.75) is 17.5 Å². The van der Waals surface area contributed by atoms with Crippen LogP contribution in [0.3, 0.4) is 0 Å². The van der Waals surface area contributed by atoms with E-state index in [0.717, 1.165) is 0 Å². The third-order valence-corrected chi connectivity index (χ3v) is 3.89. The van der Waals surface area contributed by atoms with Gasteiger partial charge in [-0.25, -0.2) is 18.4 Å². The Morgan fingerprint density at radius 2 is 2.35 bits per heavy atom. The Kier molecular flexibility index (Phi) is 3.86. The number of hydrogen-bond donors (Lipinski definition) is 3. The van der Waals surface area contributed by atoms with Gasteiger partial charge in [-0.05, 0) is 0 Å². The summed E-state index contributed by atoms with van der Waals surface area (Å²) in [6.45, 7) is 0. The van der Waals surface area contributed by atoms with E-state index in [0.29, 0.717) is 5.69 Å². The van der Waals surface area contributed by atoms with Gasteiger partial charge in [0.1, 0.15) is 6.04 Å². The fourth-order valence-corrected chi connectivity index (χ4v) is 2.74. The molecule has 10 heteroatoms. The van der Waals surface area contributed by atoms with Crippen LogP contribution >= 0.6 is 0 Å². The average Bonchev–Trinajstić information content (AvgIpc) is 2.99. The summed E-state index contributed by atoms with van der Waals surface area (Å²) in [5.41, 5.74) is 0.515. The third kappa shape index (κ3) is 3.22. The smallest absolute Gasteiger partial charge is 0.322 e. The minimum atomic E-state index is -3.98. The van der Waals surface area contributed by atoms with Gasteiger partial charge in [-0.3, -0.25) is 4.79 Å². The largest absolute Gasteiger partial charge is 0.480 e. The van der Waals surface area contributed by atoms with E-state index in [-0.39, 0.29) is 11.4 Å². The number of imidazole rings is 2. The molecule has 2 rings (SSSR count). The van der Waals surface area contributed by atoms with Crippen molar-refractivity contribution >= 4 is 16.0 Å². The lowest BCUT2D eigenvalue weighted by atomic mass is 10.2. The van der Waals surface area contributed by atoms with Crippen LogP contribution in [0.1, 0.15) is 5.69 Å². The van der Waals surface area contributed by atoms with Gasteiger partial charge >= 0.3 is 5.97 Å². The first-order valence-electron chi connectivity index (χ1n) is 5.59. The Balaban J connectivity index is 2.17. The molecule has 0 radical (unpaired) electrons. The number of nitrogens with zero attached hydrogens (tertiary/aromatic N) is 3. The molecular formula is C10H13N5O4S. The van der Waals surface area contributed by atoms with E-state index in [1.807, 2.05) is 0 Å². The normalized spacial score (nSPS) is 13.2. The molecule has 0 fully saturated rings. The van der Waals surface area contributed by atoms with Crippen molar-refractivity contribution in [1.29, 1.82) is 0 Å². The number of H-pyrrole nitrogens is 1. The summed E-state index contributed by atoms with van der Waals surface area (Å²) in [5, 5.41) is 8.87. The molecule has 0 aliphatic carbocycles. The summed E-state index contributed by atoms with van der Waals surface area (Å²) in [6.07, 6.45) is 5.39. The zero-order valence-electron chi connectivity index (χ0n) is 10.5. The predicted molar refractivity (Wildman–Crippen MR) is 67.2 cm³/mol. The Morgan fingerprint density at radius 3 is 2.85 bits per heavy atom. The third-order valence-electron chi connectivity index (χ3n) is 2.53. The molecule has 0 saturated heterocycles. The fourth-order valence-electron chi connectivity index (χ4n) is 1.57. The standard InChI is InChI=1S/C10H13N5O4S/c1-15-4-9(13-6-15)20(18,19)14-8(10(16)17)2-7-3-11-5-12-7/h3-6,8,14H,2H2,1H3,(H,11,12)(H,16,17)/t8-/m0/s1. The molecule has 0 aliphatic heterocycles. The summed E-state index contributed by atoms with van der Waals surface area (Å²) < 4.78 is 27.6. The topological polar surface area (TPSA) is 130 Å². The molecule has 20 heavy (non-hydrogen) atoms. The van der Waals surface area contributed by atoms with E-state index in [4.69, 9.17) is 5.11 Å². The lowest BCUT2D eigenvalue weighted by Crippen LogP contribution is -2.42. The van der Waals surface area contributed by atoms with Crippen molar-refractivity contribution in [3.05, 3.63) is 30.7 Å². The second-order valence-corrected chi connectivity index (χ2v) is 5.83. The Labute approximate surface area is 114 Å². The van der Waals surface area contributed by atoms with Gasteiger partial charge in [0.05, 0.1) is 12.7 Å². The molecule has 3 N–H and O–H groups in total. The first kappa shape index (κ1) is 14.2. The zero-order chi connectivity index (χ0) is 14.8. The second kappa shape index (κ2) is 5.43. The SMILES string of the molecule is Cn1cnc(S(=O)(=O)N[C@@H](Cc2cnc[nH]2)C(=O)O)c1. The monoisotopic (exact) mass is 299 g/mol. The van der Waals surface area contributed by atoms with E-state index >= 15 is 0 Å². The molecule has 2 aromatic rings. The van der Waals surface area contributed by atoms with Crippen molar-refractivity contribution in [2.24, 2.45) is 7.05 Å². The summed E-state index contributed by atoms with van der Waals surface area (Å²) in [5.74, 6) is -1.28. The molecule has 2 heterocycles. The summed E-state index contributed by atoms with van der Waals surface area (Å²) in [7, 11) is -2.37. The maximum Gasteiger partial charge on any atom is 0.322 e. The van der Waals surface area contributed by atoms with Crippen LogP contribution in [0.15, 0.2) is 30.1 Å². The number of aliphatic carboxylic acids is 1. The Hall–Kier alpha value is -2.20. The Morgan fingerprint density at radius 1 is 1.60 bits per heavy atom. The highest BCUT2D eigenvalue weighted by molar-refractivity contribution is 7.89. The van der Waals surface area contributed by atoms with Crippen molar-refractivity contribution < 1.29 is 18.3 Å². The number of sulfonamides is 1. The molecule has 0 amide bonds. The lowest BCUT2D eigenvalue weighted by Gasteiger charge is -2.12. The summed E-state index contributed by atoms with van der Waals surface area (Å²) >= 11 is 0. The van der Waals surface area contributed by atoms with Gasteiger partial charge in [-0.15, -0.1) is 0 Å². The zero-order valence-corrected chi connectivity index (χ0v) is 11.3. The number of hydrogen-bond acceptors (Lipinski definition) is 5. The number of aryl methyl sites for hydroxylation is 1. The number of aromatic amines is 1. The Bertz CT molecular complexity index is 691. The average molecular weight is 299 g/mol. The van der Waals surface area contributed by atoms with Gasteiger partial charge < -0.3 is 14.7 Å². The van der Waals surface area contributed by atoms with Crippen molar-refractivity contribution in [1.82, 2.24) is 24.2 Å². The van der Waals surface area contributed by atoms with E-state index < -0.39 is 22.0 Å². The molecule has 0 aromatic carbocycles. The van der Waals surface area contributed by atoms with Crippen LogP contribution in [-0.2, 0) is 28.3 Å². The molecule has 0 bridgehead atoms. The van der Waals surface area contributed by atoms with Gasteiger partial charge in [-0.1, -0.05) is 0 Å². The molecule has 9 nitrogen and oxygen atoms in total. The van der Waals surface area contributed by atoms with Crippen molar-refractivity contribution in [3.63, 3.8) is 0 Å². The van der Waals surface area contributed by atoms with Gasteiger partial charge in [0.15, 0.2) is 5.03 Å². The molecule has 2 aromatic heterocycles. The van der Waals surface area contributed by atoms with Crippen LogP contribution in [0.5, 0.6) is 0 Å². The molecule has 0 spiro atoms. The molecule has 0 saturated carbocycles. The number of nitrogens with one attached hydrogen (secondary N) is 2. The van der Waals surface area contributed by atoms with Gasteiger partial charge in [0, 0.05) is 31.6 Å². The molecule has 0 aliphatic rings. The van der Waals surface area contributed by atoms with Crippen LogP contribution in [0.2, 0.25) is 0 Å². The lowest BCUT2D eigenvalue weighted by molar-refractivity contribution is -0.138. The number of carboxylic acid groups (broad SMARTS) is 1. The number of carboxylic acids is 1. The van der Waals surface area contributed by atoms with E-state index in [2.05, 4.69) is 19.7 Å². The number of aromatic nitrogens is 4. The highest BCUT2D eigenvalue weighted by atomic mass is 32.2. The predicted octanol–water partition coefficient (Wildman–Crippen LogP) is -0.883. The van der Waals surface area contributed by atoms with Gasteiger partial charge in [0.2, 0.25) is 0 Å². The minimum absolute atomic E-state index is 0.0403. The highest BCUT2D eigenvalue weighted by Gasteiger charge is 2.27. The summed E-state index contributed by atoms with van der Waals surface area (Å²) in [6, 6.07) is -1.30. The summed E-state index contributed by atoms with van der Waals surface area (Å²) in [4.78, 5) is 21.3. The highest BCUT2D eigenvalue weighted by Crippen LogP contribution is 2.07. The molecule has 0 unspecified atom stereocenters. The number of rotatable bonds is 6. The van der Waals surface area contributed by atoms with Crippen molar-refractivity contribution in [3.8, 4) is 0 Å². The first-order valence-corrected chi connectivity index (χ1v) is 7.07. The maximum atomic E-state index is 12.0. The van der Waals surface area contributed by atoms with Crippen LogP contribution < -0.4 is 4.72 Å². The molecular weight excluding hydrogens is 286 g/mol. The second-order valence-electron chi connectivity index (χ2n) is 4.17. The number of carbonyl (C=O) groups is 1. The fraction of sp³-hybridized carbons (Fsp3) is 0.300. The van der Waals surface area contributed by atoms with Crippen LogP contribution in [0.4, 0.5) is 0 Å². The van der Waals surface area contributed by atoms with E-state index in [9.17, 15) is 13.2 Å². The first-order chi connectivity index (χ1) is 9.38. The van der Waals surface area contributed by atoms with E-state index in [1.54, 1.807) is 7.05 Å². The van der Waals surface area contributed by atoms with Crippen LogP contribution in [-0.4, -0.2) is 45.1 Å². The maximum absolute atomic E-state index is 12.0. The van der Waals surface area contributed by atoms with Crippen LogP contribution in [0.25, 0.3) is 0 Å². The molecule has 108 valence electrons. The minimum Gasteiger partial charge on any atom is -0.480 e. The molecule has 1 atom stereocenters.